The zero-order valence-corrected chi connectivity index (χ0v) is 13.9. The molecule has 0 amide bonds. The first-order valence-electron chi connectivity index (χ1n) is 8.30. The van der Waals surface area contributed by atoms with E-state index in [1.807, 2.05) is 6.07 Å². The lowest BCUT2D eigenvalue weighted by Crippen LogP contribution is -2.59. The molecule has 130 valence electrons. The van der Waals surface area contributed by atoms with E-state index in [0.29, 0.717) is 17.9 Å². The summed E-state index contributed by atoms with van der Waals surface area (Å²) in [5.41, 5.74) is 2.71. The number of ether oxygens (including phenoxy) is 2. The average Bonchev–Trinajstić information content (AvgIpc) is 2.56. The number of methoxy groups -OCH3 is 2. The Labute approximate surface area is 140 Å². The van der Waals surface area contributed by atoms with Gasteiger partial charge >= 0.3 is 0 Å². The zero-order chi connectivity index (χ0) is 17.1. The van der Waals surface area contributed by atoms with E-state index in [2.05, 4.69) is 5.32 Å². The molecule has 1 saturated heterocycles. The summed E-state index contributed by atoms with van der Waals surface area (Å²) < 4.78 is 10.8. The number of aliphatic hydroxyl groups excluding tert-OH is 2. The molecule has 4 unspecified atom stereocenters. The van der Waals surface area contributed by atoms with E-state index in [9.17, 15) is 15.3 Å². The molecule has 24 heavy (non-hydrogen) atoms. The predicted molar refractivity (Wildman–Crippen MR) is 87.1 cm³/mol. The Balaban J connectivity index is 1.99. The lowest BCUT2D eigenvalue weighted by atomic mass is 9.56. The molecule has 0 aromatic heterocycles. The van der Waals surface area contributed by atoms with Crippen LogP contribution in [0.4, 0.5) is 0 Å². The van der Waals surface area contributed by atoms with E-state index in [4.69, 9.17) is 9.47 Å². The van der Waals surface area contributed by atoms with E-state index >= 15 is 0 Å². The van der Waals surface area contributed by atoms with E-state index in [-0.39, 0.29) is 11.8 Å². The molecule has 6 nitrogen and oxygen atoms in total. The van der Waals surface area contributed by atoms with Crippen LogP contribution in [-0.4, -0.2) is 54.3 Å². The maximum atomic E-state index is 10.4. The number of hydrogen-bond donors (Lipinski definition) is 4. The molecule has 4 atom stereocenters. The van der Waals surface area contributed by atoms with Gasteiger partial charge in [0.25, 0.3) is 0 Å². The number of nitrogens with one attached hydrogen (secondary N) is 1. The summed E-state index contributed by atoms with van der Waals surface area (Å²) in [4.78, 5) is 0. The van der Waals surface area contributed by atoms with Crippen molar-refractivity contribution in [2.45, 2.75) is 42.9 Å². The highest BCUT2D eigenvalue weighted by Gasteiger charge is 2.54. The van der Waals surface area contributed by atoms with Gasteiger partial charge in [0.15, 0.2) is 11.5 Å². The minimum absolute atomic E-state index is 0.0533. The Bertz CT molecular complexity index is 716. The lowest BCUT2D eigenvalue weighted by Gasteiger charge is -2.53. The van der Waals surface area contributed by atoms with Gasteiger partial charge in [0, 0.05) is 11.5 Å². The molecule has 1 aromatic rings. The Hall–Kier alpha value is -1.76. The van der Waals surface area contributed by atoms with Crippen LogP contribution in [0.1, 0.15) is 24.0 Å². The van der Waals surface area contributed by atoms with Gasteiger partial charge in [0.05, 0.1) is 20.3 Å². The second kappa shape index (κ2) is 5.37. The molecule has 0 saturated carbocycles. The fraction of sp³-hybridized carbons (Fsp3) is 0.556. The van der Waals surface area contributed by atoms with Gasteiger partial charge in [-0.2, -0.15) is 0 Å². The predicted octanol–water partition coefficient (Wildman–Crippen LogP) is 0.583. The van der Waals surface area contributed by atoms with E-state index in [1.54, 1.807) is 6.07 Å². The third-order valence-electron chi connectivity index (χ3n) is 5.83. The molecule has 0 spiro atoms. The second-order valence-corrected chi connectivity index (χ2v) is 6.92. The number of benzene rings is 1. The van der Waals surface area contributed by atoms with Crippen LogP contribution in [0.3, 0.4) is 0 Å². The smallest absolute Gasteiger partial charge is 0.160 e. The number of phenolic OH excluding ortho intramolecular Hbond substituents is 1. The van der Waals surface area contributed by atoms with Crippen molar-refractivity contribution >= 4 is 0 Å². The number of piperidine rings is 1. The van der Waals surface area contributed by atoms with Crippen LogP contribution in [0.25, 0.3) is 0 Å². The van der Waals surface area contributed by atoms with Crippen LogP contribution in [0, 0.1) is 0 Å². The van der Waals surface area contributed by atoms with E-state index in [1.165, 1.54) is 14.2 Å². The monoisotopic (exact) mass is 333 g/mol. The van der Waals surface area contributed by atoms with Crippen LogP contribution in [0.5, 0.6) is 11.5 Å². The highest BCUT2D eigenvalue weighted by molar-refractivity contribution is 5.58. The van der Waals surface area contributed by atoms with Crippen molar-refractivity contribution in [3.8, 4) is 11.5 Å². The number of rotatable bonds is 2. The van der Waals surface area contributed by atoms with Crippen LogP contribution >= 0.6 is 0 Å². The minimum Gasteiger partial charge on any atom is -0.504 e. The van der Waals surface area contributed by atoms with Crippen molar-refractivity contribution in [1.82, 2.24) is 5.32 Å². The maximum absolute atomic E-state index is 10.4. The van der Waals surface area contributed by atoms with Gasteiger partial charge in [0.2, 0.25) is 0 Å². The first-order valence-corrected chi connectivity index (χ1v) is 8.30. The molecule has 3 aliphatic rings. The summed E-state index contributed by atoms with van der Waals surface area (Å²) in [7, 11) is 3.07. The van der Waals surface area contributed by atoms with Gasteiger partial charge in [0.1, 0.15) is 11.9 Å². The van der Waals surface area contributed by atoms with E-state index in [0.717, 1.165) is 36.1 Å². The third kappa shape index (κ3) is 1.93. The quantitative estimate of drug-likeness (QED) is 0.633. The van der Waals surface area contributed by atoms with Gasteiger partial charge in [-0.05, 0) is 54.6 Å². The molecule has 2 aliphatic carbocycles. The lowest BCUT2D eigenvalue weighted by molar-refractivity contribution is -0.0257. The zero-order valence-electron chi connectivity index (χ0n) is 13.9. The molecule has 4 N–H and O–H groups in total. The van der Waals surface area contributed by atoms with Gasteiger partial charge in [-0.3, -0.25) is 0 Å². The fourth-order valence-corrected chi connectivity index (χ4v) is 4.86. The maximum Gasteiger partial charge on any atom is 0.160 e. The number of aromatic hydroxyl groups is 1. The molecular formula is C18H23NO5. The van der Waals surface area contributed by atoms with E-state index < -0.39 is 17.6 Å². The number of fused-ring (bicyclic) bond motifs is 1. The van der Waals surface area contributed by atoms with Crippen molar-refractivity contribution in [2.24, 2.45) is 0 Å². The van der Waals surface area contributed by atoms with Crippen molar-refractivity contribution in [1.29, 1.82) is 0 Å². The summed E-state index contributed by atoms with van der Waals surface area (Å²) in [5, 5.41) is 34.6. The first-order chi connectivity index (χ1) is 11.5. The molecule has 1 heterocycles. The highest BCUT2D eigenvalue weighted by Crippen LogP contribution is 2.54. The van der Waals surface area contributed by atoms with Gasteiger partial charge in [-0.1, -0.05) is 0 Å². The van der Waals surface area contributed by atoms with Crippen molar-refractivity contribution < 1.29 is 24.8 Å². The number of hydrogen-bond acceptors (Lipinski definition) is 6. The summed E-state index contributed by atoms with van der Waals surface area (Å²) in [6.45, 7) is 0.820. The summed E-state index contributed by atoms with van der Waals surface area (Å²) in [6, 6.07) is 3.69. The third-order valence-corrected chi connectivity index (χ3v) is 5.83. The molecule has 1 aliphatic heterocycles. The molecule has 0 radical (unpaired) electrons. The van der Waals surface area contributed by atoms with Crippen LogP contribution in [0.15, 0.2) is 23.5 Å². The largest absolute Gasteiger partial charge is 0.504 e. The highest BCUT2D eigenvalue weighted by atomic mass is 16.5. The Morgan fingerprint density at radius 2 is 2.00 bits per heavy atom. The Kier molecular flexibility index (Phi) is 3.53. The number of aliphatic hydroxyl groups is 2. The molecule has 1 aromatic carbocycles. The topological polar surface area (TPSA) is 91.2 Å². The summed E-state index contributed by atoms with van der Waals surface area (Å²) in [5.74, 6) is 1.02. The summed E-state index contributed by atoms with van der Waals surface area (Å²) >= 11 is 0. The van der Waals surface area contributed by atoms with Crippen LogP contribution < -0.4 is 10.1 Å². The first kappa shape index (κ1) is 15.7. The van der Waals surface area contributed by atoms with Gasteiger partial charge in [-0.15, -0.1) is 0 Å². The van der Waals surface area contributed by atoms with Gasteiger partial charge < -0.3 is 30.1 Å². The minimum atomic E-state index is -1.01. The van der Waals surface area contributed by atoms with Crippen LogP contribution in [0.2, 0.25) is 0 Å². The second-order valence-electron chi connectivity index (χ2n) is 6.92. The van der Waals surface area contributed by atoms with Crippen LogP contribution in [-0.2, 0) is 16.6 Å². The van der Waals surface area contributed by atoms with Crippen molar-refractivity contribution in [3.05, 3.63) is 34.6 Å². The Morgan fingerprint density at radius 3 is 2.71 bits per heavy atom. The normalized spacial score (nSPS) is 34.4. The fourth-order valence-electron chi connectivity index (χ4n) is 4.86. The Morgan fingerprint density at radius 1 is 1.21 bits per heavy atom. The number of phenols is 1. The molecule has 6 heteroatoms. The summed E-state index contributed by atoms with van der Waals surface area (Å²) in [6.07, 6.45) is 0.0480. The SMILES string of the molecule is COC1=C2C3Cc4cc(OC)c(O)cc4C2(CCN3)CC(O)C1O. The van der Waals surface area contributed by atoms with Crippen molar-refractivity contribution in [3.63, 3.8) is 0 Å². The molecule has 1 fully saturated rings. The average molecular weight is 333 g/mol. The standard InChI is InChI=1S/C18H23NO5/c1-23-14-6-9-5-11-15-17(24-2)16(22)13(21)8-18(15,3-4-19-11)10(9)7-12(14)20/h6-7,11,13,16,19-22H,3-5,8H2,1-2H3. The molecule has 2 bridgehead atoms. The van der Waals surface area contributed by atoms with Crippen molar-refractivity contribution in [2.75, 3.05) is 20.8 Å². The molecule has 4 rings (SSSR count). The van der Waals surface area contributed by atoms with Gasteiger partial charge in [-0.25, -0.2) is 0 Å². The molecular weight excluding hydrogens is 310 g/mol.